The van der Waals surface area contributed by atoms with Gasteiger partial charge in [0.05, 0.1) is 0 Å². The van der Waals surface area contributed by atoms with E-state index in [1.54, 1.807) is 0 Å². The lowest BCUT2D eigenvalue weighted by atomic mass is 10.1. The Hall–Kier alpha value is -2.10. The van der Waals surface area contributed by atoms with E-state index in [-0.39, 0.29) is 11.8 Å². The molecule has 1 heterocycles. The van der Waals surface area contributed by atoms with Gasteiger partial charge in [-0.15, -0.1) is 0 Å². The fraction of sp³-hybridized carbons (Fsp3) is 0.286. The van der Waals surface area contributed by atoms with Crippen LogP contribution in [0.25, 0.3) is 0 Å². The van der Waals surface area contributed by atoms with Gasteiger partial charge < -0.3 is 5.73 Å². The van der Waals surface area contributed by atoms with Crippen LogP contribution < -0.4 is 11.1 Å². The molecule has 3 N–H and O–H groups in total. The first-order chi connectivity index (χ1) is 8.61. The van der Waals surface area contributed by atoms with E-state index in [1.165, 1.54) is 37.0 Å². The van der Waals surface area contributed by atoms with Gasteiger partial charge in [0.25, 0.3) is 11.8 Å². The van der Waals surface area contributed by atoms with E-state index >= 15 is 0 Å². The molecule has 0 fully saturated rings. The highest BCUT2D eigenvalue weighted by molar-refractivity contribution is 6.12. The molecule has 2 rings (SSSR count). The number of imide groups is 1. The predicted molar refractivity (Wildman–Crippen MR) is 71.8 cm³/mol. The lowest BCUT2D eigenvalue weighted by molar-refractivity contribution is -0.123. The van der Waals surface area contributed by atoms with Gasteiger partial charge in [0.2, 0.25) is 0 Å². The van der Waals surface area contributed by atoms with Gasteiger partial charge in [-0.05, 0) is 30.5 Å². The highest BCUT2D eigenvalue weighted by Crippen LogP contribution is 2.08. The van der Waals surface area contributed by atoms with Crippen molar-refractivity contribution >= 4 is 17.5 Å². The first-order valence-electron chi connectivity index (χ1n) is 5.99. The van der Waals surface area contributed by atoms with Gasteiger partial charge >= 0.3 is 0 Å². The van der Waals surface area contributed by atoms with E-state index in [1.807, 2.05) is 17.4 Å². The van der Waals surface area contributed by atoms with Crippen molar-refractivity contribution in [3.63, 3.8) is 0 Å². The Morgan fingerprint density at radius 3 is 2.00 bits per heavy atom. The van der Waals surface area contributed by atoms with Gasteiger partial charge in [0.15, 0.2) is 0 Å². The van der Waals surface area contributed by atoms with Crippen molar-refractivity contribution in [1.29, 1.82) is 0 Å². The van der Waals surface area contributed by atoms with E-state index in [0.29, 0.717) is 0 Å². The molecular formula is C14H18N2O2. The SMILES string of the molecule is CCCCc1ccc(N)cc1.O=C1C=CC(=O)N1. The van der Waals surface area contributed by atoms with Crippen LogP contribution >= 0.6 is 0 Å². The first kappa shape index (κ1) is 14.0. The molecule has 4 nitrogen and oxygen atoms in total. The normalized spacial score (nSPS) is 12.9. The number of hydrogen-bond donors (Lipinski definition) is 2. The van der Waals surface area contributed by atoms with Crippen LogP contribution in [0, 0.1) is 0 Å². The van der Waals surface area contributed by atoms with Crippen LogP contribution in [0.5, 0.6) is 0 Å². The smallest absolute Gasteiger partial charge is 0.250 e. The Morgan fingerprint density at radius 1 is 1.06 bits per heavy atom. The first-order valence-corrected chi connectivity index (χ1v) is 5.99. The summed E-state index contributed by atoms with van der Waals surface area (Å²) in [6, 6.07) is 8.13. The summed E-state index contributed by atoms with van der Waals surface area (Å²) in [5, 5.41) is 2.03. The van der Waals surface area contributed by atoms with Crippen molar-refractivity contribution in [3.05, 3.63) is 42.0 Å². The number of anilines is 1. The summed E-state index contributed by atoms with van der Waals surface area (Å²) in [4.78, 5) is 20.1. The second-order valence-corrected chi connectivity index (χ2v) is 4.03. The maximum Gasteiger partial charge on any atom is 0.250 e. The van der Waals surface area contributed by atoms with Crippen molar-refractivity contribution in [3.8, 4) is 0 Å². The fourth-order valence-electron chi connectivity index (χ4n) is 1.42. The number of nitrogens with two attached hydrogens (primary N) is 1. The summed E-state index contributed by atoms with van der Waals surface area (Å²) in [5.41, 5.74) is 7.80. The summed E-state index contributed by atoms with van der Waals surface area (Å²) in [5.74, 6) is -0.657. The van der Waals surface area contributed by atoms with Crippen LogP contribution in [0.1, 0.15) is 25.3 Å². The second-order valence-electron chi connectivity index (χ2n) is 4.03. The molecule has 0 unspecified atom stereocenters. The molecule has 0 saturated heterocycles. The average Bonchev–Trinajstić information content (AvgIpc) is 2.73. The number of nitrogens with one attached hydrogen (secondary N) is 1. The van der Waals surface area contributed by atoms with Crippen LogP contribution in [0.15, 0.2) is 36.4 Å². The fourth-order valence-corrected chi connectivity index (χ4v) is 1.42. The monoisotopic (exact) mass is 246 g/mol. The number of carbonyl (C=O) groups excluding carboxylic acids is 2. The van der Waals surface area contributed by atoms with E-state index in [9.17, 15) is 9.59 Å². The number of hydrogen-bond acceptors (Lipinski definition) is 3. The maximum absolute atomic E-state index is 10.0. The highest BCUT2D eigenvalue weighted by Gasteiger charge is 2.06. The van der Waals surface area contributed by atoms with Crippen molar-refractivity contribution < 1.29 is 9.59 Å². The lowest BCUT2D eigenvalue weighted by Crippen LogP contribution is -2.19. The molecule has 0 spiro atoms. The summed E-state index contributed by atoms with van der Waals surface area (Å²) in [6.07, 6.45) is 6.09. The number of aryl methyl sites for hydroxylation is 1. The number of amides is 2. The van der Waals surface area contributed by atoms with Gasteiger partial charge in [-0.3, -0.25) is 14.9 Å². The molecule has 1 aromatic carbocycles. The number of carbonyl (C=O) groups is 2. The van der Waals surface area contributed by atoms with Crippen molar-refractivity contribution in [2.45, 2.75) is 26.2 Å². The zero-order valence-corrected chi connectivity index (χ0v) is 10.5. The van der Waals surface area contributed by atoms with Crippen molar-refractivity contribution in [2.75, 3.05) is 5.73 Å². The molecule has 1 aromatic rings. The largest absolute Gasteiger partial charge is 0.399 e. The number of rotatable bonds is 3. The maximum atomic E-state index is 10.0. The van der Waals surface area contributed by atoms with E-state index in [0.717, 1.165) is 5.69 Å². The molecule has 0 aromatic heterocycles. The van der Waals surface area contributed by atoms with Gasteiger partial charge in [0, 0.05) is 17.8 Å². The Morgan fingerprint density at radius 2 is 1.61 bits per heavy atom. The minimum absolute atomic E-state index is 0.329. The molecule has 1 aliphatic rings. The van der Waals surface area contributed by atoms with Gasteiger partial charge in [-0.2, -0.15) is 0 Å². The standard InChI is InChI=1S/C10H15N.C4H3NO2/c1-2-3-4-9-5-7-10(11)8-6-9;6-3-1-2-4(7)5-3/h5-8H,2-4,11H2,1H3;1-2H,(H,5,6,7). The quantitative estimate of drug-likeness (QED) is 0.631. The molecule has 18 heavy (non-hydrogen) atoms. The zero-order chi connectivity index (χ0) is 13.4. The molecule has 2 amide bonds. The Balaban J connectivity index is 0.000000199. The van der Waals surface area contributed by atoms with E-state index in [4.69, 9.17) is 5.73 Å². The molecular weight excluding hydrogens is 228 g/mol. The number of nitrogen functional groups attached to an aromatic ring is 1. The van der Waals surface area contributed by atoms with Crippen LogP contribution in [0.3, 0.4) is 0 Å². The number of benzene rings is 1. The molecule has 0 bridgehead atoms. The Bertz CT molecular complexity index is 420. The third-order valence-corrected chi connectivity index (χ3v) is 2.43. The van der Waals surface area contributed by atoms with Crippen LogP contribution in [-0.4, -0.2) is 11.8 Å². The third kappa shape index (κ3) is 5.30. The minimum Gasteiger partial charge on any atom is -0.399 e. The molecule has 96 valence electrons. The summed E-state index contributed by atoms with van der Waals surface area (Å²) >= 11 is 0. The van der Waals surface area contributed by atoms with E-state index in [2.05, 4.69) is 19.1 Å². The van der Waals surface area contributed by atoms with Gasteiger partial charge in [-0.25, -0.2) is 0 Å². The van der Waals surface area contributed by atoms with Gasteiger partial charge in [-0.1, -0.05) is 25.5 Å². The van der Waals surface area contributed by atoms with Crippen LogP contribution in [0.4, 0.5) is 5.69 Å². The molecule has 0 saturated carbocycles. The van der Waals surface area contributed by atoms with Crippen molar-refractivity contribution in [1.82, 2.24) is 5.32 Å². The molecule has 0 radical (unpaired) electrons. The molecule has 0 aliphatic carbocycles. The van der Waals surface area contributed by atoms with Crippen LogP contribution in [0.2, 0.25) is 0 Å². The topological polar surface area (TPSA) is 72.2 Å². The van der Waals surface area contributed by atoms with E-state index < -0.39 is 0 Å². The predicted octanol–water partition coefficient (Wildman–Crippen LogP) is 1.81. The van der Waals surface area contributed by atoms with Gasteiger partial charge in [0.1, 0.15) is 0 Å². The lowest BCUT2D eigenvalue weighted by Gasteiger charge is -1.99. The summed E-state index contributed by atoms with van der Waals surface area (Å²) < 4.78 is 0. The van der Waals surface area contributed by atoms with Crippen LogP contribution in [-0.2, 0) is 16.0 Å². The Labute approximate surface area is 107 Å². The molecule has 0 atom stereocenters. The second kappa shape index (κ2) is 7.27. The highest BCUT2D eigenvalue weighted by atomic mass is 16.2. The molecule has 4 heteroatoms. The summed E-state index contributed by atoms with van der Waals surface area (Å²) in [6.45, 7) is 2.21. The zero-order valence-electron chi connectivity index (χ0n) is 10.5. The molecule has 1 aliphatic heterocycles. The average molecular weight is 246 g/mol. The minimum atomic E-state index is -0.329. The Kier molecular flexibility index (Phi) is 5.64. The number of unbranched alkanes of at least 4 members (excludes halogenated alkanes) is 1. The third-order valence-electron chi connectivity index (χ3n) is 2.43. The summed E-state index contributed by atoms with van der Waals surface area (Å²) in [7, 11) is 0. The van der Waals surface area contributed by atoms with Crippen molar-refractivity contribution in [2.24, 2.45) is 0 Å².